The van der Waals surface area contributed by atoms with E-state index in [1.165, 1.54) is 5.56 Å². The van der Waals surface area contributed by atoms with E-state index in [0.29, 0.717) is 11.8 Å². The summed E-state index contributed by atoms with van der Waals surface area (Å²) < 4.78 is 5.64. The highest BCUT2D eigenvalue weighted by Gasteiger charge is 2.04. The van der Waals surface area contributed by atoms with Gasteiger partial charge in [-0.05, 0) is 43.9 Å². The van der Waals surface area contributed by atoms with Gasteiger partial charge >= 0.3 is 0 Å². The van der Waals surface area contributed by atoms with Crippen LogP contribution in [0, 0.1) is 5.92 Å². The van der Waals surface area contributed by atoms with Gasteiger partial charge in [-0.3, -0.25) is 0 Å². The maximum atomic E-state index is 5.79. The van der Waals surface area contributed by atoms with E-state index in [0.717, 1.165) is 12.2 Å². The van der Waals surface area contributed by atoms with Gasteiger partial charge in [0.05, 0.1) is 6.10 Å². The van der Waals surface area contributed by atoms with Crippen molar-refractivity contribution in [2.75, 3.05) is 5.88 Å². The van der Waals surface area contributed by atoms with Crippen molar-refractivity contribution in [3.63, 3.8) is 0 Å². The molecule has 1 unspecified atom stereocenters. The van der Waals surface area contributed by atoms with Crippen molar-refractivity contribution in [3.05, 3.63) is 29.8 Å². The first kappa shape index (κ1) is 12.4. The largest absolute Gasteiger partial charge is 0.491 e. The zero-order valence-corrected chi connectivity index (χ0v) is 10.4. The minimum Gasteiger partial charge on any atom is -0.491 e. The highest BCUT2D eigenvalue weighted by Crippen LogP contribution is 2.17. The lowest BCUT2D eigenvalue weighted by Gasteiger charge is -2.12. The van der Waals surface area contributed by atoms with Gasteiger partial charge in [0.2, 0.25) is 0 Å². The monoisotopic (exact) mass is 226 g/mol. The summed E-state index contributed by atoms with van der Waals surface area (Å²) in [5.41, 5.74) is 1.29. The van der Waals surface area contributed by atoms with Crippen LogP contribution in [-0.2, 0) is 6.42 Å². The quantitative estimate of drug-likeness (QED) is 0.693. The van der Waals surface area contributed by atoms with Gasteiger partial charge in [0.25, 0.3) is 0 Å². The Labute approximate surface area is 97.4 Å². The summed E-state index contributed by atoms with van der Waals surface area (Å²) in [6, 6.07) is 8.25. The van der Waals surface area contributed by atoms with Crippen LogP contribution < -0.4 is 4.74 Å². The molecule has 0 amide bonds. The van der Waals surface area contributed by atoms with Crippen molar-refractivity contribution in [1.29, 1.82) is 0 Å². The van der Waals surface area contributed by atoms with E-state index in [-0.39, 0.29) is 6.10 Å². The fourth-order valence-corrected chi connectivity index (χ4v) is 1.58. The zero-order chi connectivity index (χ0) is 11.3. The molecule has 84 valence electrons. The molecule has 0 spiro atoms. The lowest BCUT2D eigenvalue weighted by atomic mass is 10.0. The molecule has 0 saturated carbocycles. The second-order valence-corrected chi connectivity index (χ2v) is 4.59. The summed E-state index contributed by atoms with van der Waals surface area (Å²) in [4.78, 5) is 0. The first-order valence-electron chi connectivity index (χ1n) is 5.43. The molecule has 15 heavy (non-hydrogen) atoms. The fourth-order valence-electron chi connectivity index (χ4n) is 1.47. The Balaban J connectivity index is 2.65. The number of benzene rings is 1. The summed E-state index contributed by atoms with van der Waals surface area (Å²) >= 11 is 5.79. The van der Waals surface area contributed by atoms with Crippen LogP contribution in [0.2, 0.25) is 0 Å². The second-order valence-electron chi connectivity index (χ2n) is 4.28. The van der Waals surface area contributed by atoms with Gasteiger partial charge < -0.3 is 4.74 Å². The average Bonchev–Trinajstić information content (AvgIpc) is 2.17. The third-order valence-electron chi connectivity index (χ3n) is 2.12. The van der Waals surface area contributed by atoms with Crippen molar-refractivity contribution < 1.29 is 4.74 Å². The van der Waals surface area contributed by atoms with Crippen molar-refractivity contribution in [3.8, 4) is 5.75 Å². The van der Waals surface area contributed by atoms with E-state index in [9.17, 15) is 0 Å². The molecule has 0 bridgehead atoms. The molecule has 0 fully saturated rings. The lowest BCUT2D eigenvalue weighted by molar-refractivity contribution is 0.242. The number of alkyl halides is 1. The average molecular weight is 227 g/mol. The standard InChI is InChI=1S/C13H19ClO/c1-10(2)15-13-6-4-5-12(8-13)7-11(3)9-14/h4-6,8,10-11H,7,9H2,1-3H3. The molecule has 0 heterocycles. The minimum absolute atomic E-state index is 0.228. The summed E-state index contributed by atoms with van der Waals surface area (Å²) in [6.07, 6.45) is 1.24. The fraction of sp³-hybridized carbons (Fsp3) is 0.538. The molecule has 1 atom stereocenters. The topological polar surface area (TPSA) is 9.23 Å². The van der Waals surface area contributed by atoms with Crippen LogP contribution in [0.5, 0.6) is 5.75 Å². The van der Waals surface area contributed by atoms with Crippen molar-refractivity contribution >= 4 is 11.6 Å². The van der Waals surface area contributed by atoms with Gasteiger partial charge in [-0.2, -0.15) is 0 Å². The molecule has 0 radical (unpaired) electrons. The number of ether oxygens (including phenoxy) is 1. The Kier molecular flexibility index (Phi) is 4.97. The molecule has 0 N–H and O–H groups in total. The molecule has 1 aromatic rings. The summed E-state index contributed by atoms with van der Waals surface area (Å²) in [6.45, 7) is 6.23. The Hall–Kier alpha value is -0.690. The molecular weight excluding hydrogens is 208 g/mol. The van der Waals surface area contributed by atoms with Crippen LogP contribution in [0.25, 0.3) is 0 Å². The number of halogens is 1. The third-order valence-corrected chi connectivity index (χ3v) is 2.64. The normalized spacial score (nSPS) is 12.9. The number of hydrogen-bond acceptors (Lipinski definition) is 1. The predicted octanol–water partition coefficient (Wildman–Crippen LogP) is 3.89. The number of rotatable bonds is 5. The molecule has 0 aliphatic rings. The van der Waals surface area contributed by atoms with Crippen LogP contribution in [-0.4, -0.2) is 12.0 Å². The van der Waals surface area contributed by atoms with Crippen LogP contribution in [0.4, 0.5) is 0 Å². The first-order chi connectivity index (χ1) is 7.11. The van der Waals surface area contributed by atoms with Crippen molar-refractivity contribution in [2.45, 2.75) is 33.3 Å². The Bertz CT molecular complexity index is 296. The van der Waals surface area contributed by atoms with E-state index < -0.39 is 0 Å². The predicted molar refractivity (Wildman–Crippen MR) is 65.8 cm³/mol. The van der Waals surface area contributed by atoms with Crippen molar-refractivity contribution in [1.82, 2.24) is 0 Å². The maximum Gasteiger partial charge on any atom is 0.119 e. The van der Waals surface area contributed by atoms with Gasteiger partial charge in [-0.15, -0.1) is 11.6 Å². The van der Waals surface area contributed by atoms with Gasteiger partial charge in [-0.25, -0.2) is 0 Å². The van der Waals surface area contributed by atoms with E-state index in [1.807, 2.05) is 26.0 Å². The van der Waals surface area contributed by atoms with Gasteiger partial charge in [0.1, 0.15) is 5.75 Å². The van der Waals surface area contributed by atoms with E-state index in [2.05, 4.69) is 19.1 Å². The lowest BCUT2D eigenvalue weighted by Crippen LogP contribution is -2.06. The van der Waals surface area contributed by atoms with Crippen LogP contribution in [0.15, 0.2) is 24.3 Å². The highest BCUT2D eigenvalue weighted by molar-refractivity contribution is 6.18. The zero-order valence-electron chi connectivity index (χ0n) is 9.66. The molecule has 0 aliphatic carbocycles. The summed E-state index contributed by atoms with van der Waals surface area (Å²) in [5, 5.41) is 0. The molecule has 0 saturated heterocycles. The first-order valence-corrected chi connectivity index (χ1v) is 5.97. The van der Waals surface area contributed by atoms with Gasteiger partial charge in [-0.1, -0.05) is 19.1 Å². The van der Waals surface area contributed by atoms with E-state index in [1.54, 1.807) is 0 Å². The van der Waals surface area contributed by atoms with E-state index in [4.69, 9.17) is 16.3 Å². The number of hydrogen-bond donors (Lipinski definition) is 0. The molecule has 1 rings (SSSR count). The van der Waals surface area contributed by atoms with Crippen molar-refractivity contribution in [2.24, 2.45) is 5.92 Å². The van der Waals surface area contributed by atoms with Crippen LogP contribution >= 0.6 is 11.6 Å². The molecular formula is C13H19ClO. The Morgan fingerprint density at radius 1 is 1.27 bits per heavy atom. The van der Waals surface area contributed by atoms with Gasteiger partial charge in [0, 0.05) is 5.88 Å². The van der Waals surface area contributed by atoms with Crippen LogP contribution in [0.3, 0.4) is 0 Å². The van der Waals surface area contributed by atoms with Gasteiger partial charge in [0.15, 0.2) is 0 Å². The molecule has 1 aromatic carbocycles. The van der Waals surface area contributed by atoms with E-state index >= 15 is 0 Å². The summed E-state index contributed by atoms with van der Waals surface area (Å²) in [7, 11) is 0. The Morgan fingerprint density at radius 2 is 2.00 bits per heavy atom. The molecule has 1 nitrogen and oxygen atoms in total. The highest BCUT2D eigenvalue weighted by atomic mass is 35.5. The maximum absolute atomic E-state index is 5.79. The molecule has 0 aromatic heterocycles. The third kappa shape index (κ3) is 4.57. The molecule has 0 aliphatic heterocycles. The minimum atomic E-state index is 0.228. The van der Waals surface area contributed by atoms with Crippen LogP contribution in [0.1, 0.15) is 26.3 Å². The SMILES string of the molecule is CC(CCl)Cc1cccc(OC(C)C)c1. The second kappa shape index (κ2) is 6.02. The summed E-state index contributed by atoms with van der Waals surface area (Å²) in [5.74, 6) is 2.17. The Morgan fingerprint density at radius 3 is 2.60 bits per heavy atom. The molecule has 2 heteroatoms. The smallest absolute Gasteiger partial charge is 0.119 e.